The van der Waals surface area contributed by atoms with Gasteiger partial charge < -0.3 is 10.6 Å². The van der Waals surface area contributed by atoms with Crippen molar-refractivity contribution < 1.29 is 22.8 Å². The summed E-state index contributed by atoms with van der Waals surface area (Å²) in [4.78, 5) is 38.1. The highest BCUT2D eigenvalue weighted by Gasteiger charge is 2.36. The van der Waals surface area contributed by atoms with Gasteiger partial charge in [0.15, 0.2) is 0 Å². The Hall–Kier alpha value is -2.26. The topological polar surface area (TPSA) is 121 Å². The number of nitrogens with one attached hydrogen (secondary N) is 3. The van der Waals surface area contributed by atoms with Crippen LogP contribution in [0.1, 0.15) is 46.0 Å². The van der Waals surface area contributed by atoms with E-state index in [1.165, 1.54) is 12.1 Å². The number of Topliss-reactive ketones (excluding diaryl/α,β-unsaturated/α-hetero) is 1. The SMILES string of the molecule is CC(C)C(NS(=O)(=O)c1ccccc1)C(=O)NC1CC2CCCC(CNC(=O)C1=O)C2. The number of benzene rings is 1. The van der Waals surface area contributed by atoms with Crippen molar-refractivity contribution in [2.45, 2.75) is 62.9 Å². The number of rotatable bonds is 6. The molecule has 3 N–H and O–H groups in total. The van der Waals surface area contributed by atoms with Gasteiger partial charge in [0.1, 0.15) is 6.04 Å². The van der Waals surface area contributed by atoms with Gasteiger partial charge in [-0.3, -0.25) is 14.4 Å². The lowest BCUT2D eigenvalue weighted by atomic mass is 9.78. The van der Waals surface area contributed by atoms with Gasteiger partial charge in [0.25, 0.3) is 5.91 Å². The molecule has 2 aliphatic rings. The second-order valence-electron chi connectivity index (χ2n) is 8.93. The maximum absolute atomic E-state index is 13.0. The molecule has 170 valence electrons. The molecule has 0 radical (unpaired) electrons. The van der Waals surface area contributed by atoms with Crippen LogP contribution >= 0.6 is 0 Å². The van der Waals surface area contributed by atoms with Gasteiger partial charge in [0, 0.05) is 6.54 Å². The van der Waals surface area contributed by atoms with Gasteiger partial charge >= 0.3 is 0 Å². The van der Waals surface area contributed by atoms with E-state index in [2.05, 4.69) is 15.4 Å². The molecule has 1 aromatic carbocycles. The second kappa shape index (κ2) is 9.91. The van der Waals surface area contributed by atoms with Crippen molar-refractivity contribution in [1.29, 1.82) is 0 Å². The second-order valence-corrected chi connectivity index (χ2v) is 10.6. The Morgan fingerprint density at radius 3 is 2.42 bits per heavy atom. The van der Waals surface area contributed by atoms with E-state index in [0.29, 0.717) is 18.9 Å². The number of hydrogen-bond donors (Lipinski definition) is 3. The largest absolute Gasteiger partial charge is 0.349 e. The zero-order valence-electron chi connectivity index (χ0n) is 18.0. The minimum atomic E-state index is -3.92. The molecule has 2 bridgehead atoms. The van der Waals surface area contributed by atoms with Crippen LogP contribution in [0, 0.1) is 17.8 Å². The van der Waals surface area contributed by atoms with Crippen molar-refractivity contribution in [3.63, 3.8) is 0 Å². The van der Waals surface area contributed by atoms with Crippen LogP contribution in [0.4, 0.5) is 0 Å². The Kier molecular flexibility index (Phi) is 7.48. The zero-order valence-corrected chi connectivity index (χ0v) is 18.8. The Labute approximate surface area is 183 Å². The highest BCUT2D eigenvalue weighted by molar-refractivity contribution is 7.89. The summed E-state index contributed by atoms with van der Waals surface area (Å²) < 4.78 is 27.9. The number of hydrogen-bond acceptors (Lipinski definition) is 5. The first-order valence-electron chi connectivity index (χ1n) is 10.9. The van der Waals surface area contributed by atoms with E-state index in [9.17, 15) is 22.8 Å². The Bertz CT molecular complexity index is 916. The summed E-state index contributed by atoms with van der Waals surface area (Å²) in [6.45, 7) is 3.93. The summed E-state index contributed by atoms with van der Waals surface area (Å²) in [6.07, 6.45) is 4.32. The number of ketones is 1. The molecule has 1 aliphatic heterocycles. The molecule has 1 saturated heterocycles. The summed E-state index contributed by atoms with van der Waals surface area (Å²) in [7, 11) is -3.92. The smallest absolute Gasteiger partial charge is 0.289 e. The molecule has 8 nitrogen and oxygen atoms in total. The predicted molar refractivity (Wildman–Crippen MR) is 115 cm³/mol. The van der Waals surface area contributed by atoms with Crippen molar-refractivity contribution in [3.8, 4) is 0 Å². The van der Waals surface area contributed by atoms with E-state index in [1.54, 1.807) is 32.0 Å². The molecular formula is C22H31N3O5S. The summed E-state index contributed by atoms with van der Waals surface area (Å²) in [5.74, 6) is -1.73. The van der Waals surface area contributed by atoms with Crippen LogP contribution in [0.5, 0.6) is 0 Å². The van der Waals surface area contributed by atoms with Crippen LogP contribution in [-0.4, -0.2) is 44.6 Å². The van der Waals surface area contributed by atoms with Crippen LogP contribution in [0.25, 0.3) is 0 Å². The van der Waals surface area contributed by atoms with Crippen LogP contribution in [0.3, 0.4) is 0 Å². The highest BCUT2D eigenvalue weighted by atomic mass is 32.2. The molecule has 2 fully saturated rings. The van der Waals surface area contributed by atoms with Gasteiger partial charge in [-0.1, -0.05) is 44.9 Å². The van der Waals surface area contributed by atoms with Crippen molar-refractivity contribution in [2.24, 2.45) is 17.8 Å². The van der Waals surface area contributed by atoms with Gasteiger partial charge in [0.2, 0.25) is 21.7 Å². The number of amides is 2. The number of carbonyl (C=O) groups excluding carboxylic acids is 3. The van der Waals surface area contributed by atoms with E-state index >= 15 is 0 Å². The molecule has 0 aromatic heterocycles. The van der Waals surface area contributed by atoms with Gasteiger partial charge in [-0.05, 0) is 49.1 Å². The van der Waals surface area contributed by atoms with Gasteiger partial charge in [-0.2, -0.15) is 4.72 Å². The van der Waals surface area contributed by atoms with E-state index in [1.807, 2.05) is 0 Å². The third-order valence-electron chi connectivity index (χ3n) is 6.15. The maximum Gasteiger partial charge on any atom is 0.289 e. The number of fused-ring (bicyclic) bond motifs is 2. The molecule has 1 aliphatic carbocycles. The van der Waals surface area contributed by atoms with Gasteiger partial charge in [-0.25, -0.2) is 8.42 Å². The molecule has 9 heteroatoms. The number of sulfonamides is 1. The summed E-state index contributed by atoms with van der Waals surface area (Å²) in [6, 6.07) is 5.77. The van der Waals surface area contributed by atoms with E-state index in [0.717, 1.165) is 25.7 Å². The third-order valence-corrected chi connectivity index (χ3v) is 7.61. The Morgan fingerprint density at radius 2 is 1.74 bits per heavy atom. The Morgan fingerprint density at radius 1 is 1.06 bits per heavy atom. The molecule has 31 heavy (non-hydrogen) atoms. The lowest BCUT2D eigenvalue weighted by Gasteiger charge is -2.30. The zero-order chi connectivity index (χ0) is 22.6. The van der Waals surface area contributed by atoms with Crippen LogP contribution in [0.2, 0.25) is 0 Å². The first kappa shape index (κ1) is 23.4. The molecule has 1 heterocycles. The van der Waals surface area contributed by atoms with Crippen molar-refractivity contribution in [2.75, 3.05) is 6.54 Å². The summed E-state index contributed by atoms with van der Waals surface area (Å²) in [5.41, 5.74) is 0. The average molecular weight is 450 g/mol. The molecule has 1 saturated carbocycles. The van der Waals surface area contributed by atoms with Crippen molar-refractivity contribution >= 4 is 27.6 Å². The average Bonchev–Trinajstić information content (AvgIpc) is 2.78. The lowest BCUT2D eigenvalue weighted by Crippen LogP contribution is -2.55. The summed E-state index contributed by atoms with van der Waals surface area (Å²) >= 11 is 0. The monoisotopic (exact) mass is 449 g/mol. The minimum absolute atomic E-state index is 0.0552. The van der Waals surface area contributed by atoms with E-state index < -0.39 is 39.7 Å². The van der Waals surface area contributed by atoms with Crippen molar-refractivity contribution in [3.05, 3.63) is 30.3 Å². The fraction of sp³-hybridized carbons (Fsp3) is 0.591. The fourth-order valence-electron chi connectivity index (χ4n) is 4.44. The fourth-order valence-corrected chi connectivity index (χ4v) is 5.80. The Balaban J connectivity index is 1.76. The third kappa shape index (κ3) is 5.92. The normalized spacial score (nSPS) is 25.7. The van der Waals surface area contributed by atoms with Crippen LogP contribution < -0.4 is 15.4 Å². The van der Waals surface area contributed by atoms with E-state index in [-0.39, 0.29) is 16.7 Å². The summed E-state index contributed by atoms with van der Waals surface area (Å²) in [5, 5.41) is 5.37. The first-order valence-corrected chi connectivity index (χ1v) is 12.4. The van der Waals surface area contributed by atoms with Crippen molar-refractivity contribution in [1.82, 2.24) is 15.4 Å². The molecule has 4 unspecified atom stereocenters. The van der Waals surface area contributed by atoms with Gasteiger partial charge in [-0.15, -0.1) is 0 Å². The maximum atomic E-state index is 13.0. The van der Waals surface area contributed by atoms with Crippen LogP contribution in [-0.2, 0) is 24.4 Å². The molecule has 2 amide bonds. The molecule has 4 atom stereocenters. The minimum Gasteiger partial charge on any atom is -0.349 e. The molecule has 3 rings (SSSR count). The van der Waals surface area contributed by atoms with Gasteiger partial charge in [0.05, 0.1) is 10.9 Å². The molecular weight excluding hydrogens is 418 g/mol. The molecule has 0 spiro atoms. The first-order chi connectivity index (χ1) is 14.7. The van der Waals surface area contributed by atoms with E-state index in [4.69, 9.17) is 0 Å². The lowest BCUT2D eigenvalue weighted by molar-refractivity contribution is -0.140. The highest BCUT2D eigenvalue weighted by Crippen LogP contribution is 2.32. The predicted octanol–water partition coefficient (Wildman–Crippen LogP) is 1.37. The quantitative estimate of drug-likeness (QED) is 0.567. The van der Waals surface area contributed by atoms with Crippen LogP contribution in [0.15, 0.2) is 35.2 Å². The number of carbonyl (C=O) groups is 3. The standard InChI is InChI=1S/C22H31N3O5S/c1-14(2)19(25-31(29,30)17-9-4-3-5-10-17)21(27)24-18-12-15-7-6-8-16(11-15)13-23-22(28)20(18)26/h3-5,9-10,14-16,18-19,25H,6-8,11-13H2,1-2H3,(H,23,28)(H,24,27). The molecule has 1 aromatic rings.